The van der Waals surface area contributed by atoms with Gasteiger partial charge in [0, 0.05) is 36.3 Å². The first-order valence-corrected chi connectivity index (χ1v) is 11.6. The molecule has 1 fully saturated rings. The largest absolute Gasteiger partial charge is 0.354 e. The zero-order chi connectivity index (χ0) is 21.6. The van der Waals surface area contributed by atoms with Crippen molar-refractivity contribution in [2.24, 2.45) is 0 Å². The second-order valence-electron chi connectivity index (χ2n) is 7.90. The fourth-order valence-corrected chi connectivity index (χ4v) is 5.09. The number of anilines is 1. The zero-order valence-corrected chi connectivity index (χ0v) is 18.2. The molecule has 5 nitrogen and oxygen atoms in total. The van der Waals surface area contributed by atoms with E-state index in [4.69, 9.17) is 0 Å². The highest BCUT2D eigenvalue weighted by Gasteiger charge is 2.30. The standard InChI is InChI=1S/C24H26FN3O2S/c25-19-9-2-1-8-18(19)16-22-24(30)28(20-10-3-4-11-21(20)31-22)17-23(29)26-12-7-15-27-13-5-6-14-27/h1-4,8-11,16H,5-7,12-15,17H2,(H,26,29)/p+1. The van der Waals surface area contributed by atoms with Crippen molar-refractivity contribution in [3.63, 3.8) is 0 Å². The van der Waals surface area contributed by atoms with Crippen molar-refractivity contribution in [1.29, 1.82) is 0 Å². The Morgan fingerprint density at radius 3 is 2.68 bits per heavy atom. The molecule has 2 heterocycles. The Morgan fingerprint density at radius 1 is 1.13 bits per heavy atom. The summed E-state index contributed by atoms with van der Waals surface area (Å²) in [6.07, 6.45) is 5.07. The number of rotatable bonds is 7. The van der Waals surface area contributed by atoms with Crippen molar-refractivity contribution < 1.29 is 18.9 Å². The van der Waals surface area contributed by atoms with Gasteiger partial charge in [-0.2, -0.15) is 0 Å². The molecular formula is C24H27FN3O2S+. The Kier molecular flexibility index (Phi) is 7.04. The molecule has 2 aliphatic rings. The number of carbonyl (C=O) groups excluding carboxylic acids is 2. The summed E-state index contributed by atoms with van der Waals surface area (Å²) < 4.78 is 14.1. The average Bonchev–Trinajstić information content (AvgIpc) is 3.29. The van der Waals surface area contributed by atoms with Crippen LogP contribution in [0.1, 0.15) is 24.8 Å². The number of nitrogens with one attached hydrogen (secondary N) is 2. The van der Waals surface area contributed by atoms with Crippen LogP contribution in [0.25, 0.3) is 6.08 Å². The molecule has 2 aliphatic heterocycles. The summed E-state index contributed by atoms with van der Waals surface area (Å²) in [6, 6.07) is 13.8. The van der Waals surface area contributed by atoms with Crippen LogP contribution in [0.3, 0.4) is 0 Å². The van der Waals surface area contributed by atoms with E-state index < -0.39 is 0 Å². The molecule has 4 rings (SSSR count). The fourth-order valence-electron chi connectivity index (χ4n) is 4.04. The van der Waals surface area contributed by atoms with E-state index in [9.17, 15) is 14.0 Å². The predicted octanol–water partition coefficient (Wildman–Crippen LogP) is 2.49. The molecule has 2 N–H and O–H groups in total. The summed E-state index contributed by atoms with van der Waals surface area (Å²) in [4.78, 5) is 30.1. The van der Waals surface area contributed by atoms with Crippen molar-refractivity contribution >= 4 is 35.3 Å². The van der Waals surface area contributed by atoms with Gasteiger partial charge in [0.25, 0.3) is 5.91 Å². The van der Waals surface area contributed by atoms with Crippen molar-refractivity contribution in [2.75, 3.05) is 37.6 Å². The molecule has 1 saturated heterocycles. The summed E-state index contributed by atoms with van der Waals surface area (Å²) in [5, 5.41) is 2.95. The van der Waals surface area contributed by atoms with Gasteiger partial charge in [0.05, 0.1) is 30.2 Å². The van der Waals surface area contributed by atoms with Crippen molar-refractivity contribution in [2.45, 2.75) is 24.2 Å². The van der Waals surface area contributed by atoms with Crippen molar-refractivity contribution in [3.05, 3.63) is 64.8 Å². The van der Waals surface area contributed by atoms with E-state index in [0.717, 1.165) is 17.9 Å². The molecule has 162 valence electrons. The second kappa shape index (κ2) is 10.1. The summed E-state index contributed by atoms with van der Waals surface area (Å²) in [7, 11) is 0. The number of hydrogen-bond acceptors (Lipinski definition) is 3. The minimum Gasteiger partial charge on any atom is -0.354 e. The van der Waals surface area contributed by atoms with Gasteiger partial charge in [0.15, 0.2) is 0 Å². The van der Waals surface area contributed by atoms with Crippen LogP contribution >= 0.6 is 11.8 Å². The van der Waals surface area contributed by atoms with Crippen LogP contribution in [0, 0.1) is 5.82 Å². The predicted molar refractivity (Wildman–Crippen MR) is 121 cm³/mol. The highest BCUT2D eigenvalue weighted by molar-refractivity contribution is 8.04. The van der Waals surface area contributed by atoms with Gasteiger partial charge in [0.1, 0.15) is 12.4 Å². The van der Waals surface area contributed by atoms with E-state index >= 15 is 0 Å². The second-order valence-corrected chi connectivity index (χ2v) is 8.99. The first kappa shape index (κ1) is 21.6. The number of para-hydroxylation sites is 1. The number of fused-ring (bicyclic) bond motifs is 1. The lowest BCUT2D eigenvalue weighted by Gasteiger charge is -2.29. The maximum absolute atomic E-state index is 14.1. The van der Waals surface area contributed by atoms with Crippen LogP contribution in [-0.4, -0.2) is 44.5 Å². The van der Waals surface area contributed by atoms with Crippen molar-refractivity contribution in [3.8, 4) is 0 Å². The van der Waals surface area contributed by atoms with E-state index in [1.54, 1.807) is 29.2 Å². The number of nitrogens with zero attached hydrogens (tertiary/aromatic N) is 1. The monoisotopic (exact) mass is 440 g/mol. The van der Waals surface area contributed by atoms with E-state index in [0.29, 0.717) is 22.7 Å². The van der Waals surface area contributed by atoms with Gasteiger partial charge >= 0.3 is 0 Å². The Balaban J connectivity index is 1.44. The molecule has 0 atom stereocenters. The molecular weight excluding hydrogens is 413 g/mol. The van der Waals surface area contributed by atoms with E-state index in [1.165, 1.54) is 48.7 Å². The molecule has 0 bridgehead atoms. The third-order valence-corrected chi connectivity index (χ3v) is 6.74. The average molecular weight is 441 g/mol. The number of carbonyl (C=O) groups is 2. The molecule has 0 aliphatic carbocycles. The smallest absolute Gasteiger partial charge is 0.265 e. The topological polar surface area (TPSA) is 53.9 Å². The summed E-state index contributed by atoms with van der Waals surface area (Å²) in [5.41, 5.74) is 1.06. The SMILES string of the molecule is O=C(CN1C(=O)C(=Cc2ccccc2F)Sc2ccccc21)NCCC[NH+]1CCCC1. The molecule has 0 spiro atoms. The van der Waals surface area contributed by atoms with Gasteiger partial charge in [-0.1, -0.05) is 42.1 Å². The van der Waals surface area contributed by atoms with E-state index in [2.05, 4.69) is 5.32 Å². The lowest BCUT2D eigenvalue weighted by atomic mass is 10.2. The van der Waals surface area contributed by atoms with Crippen LogP contribution < -0.4 is 15.1 Å². The summed E-state index contributed by atoms with van der Waals surface area (Å²) in [6.45, 7) is 4.07. The Morgan fingerprint density at radius 2 is 1.87 bits per heavy atom. The van der Waals surface area contributed by atoms with Gasteiger partial charge in [-0.3, -0.25) is 14.5 Å². The lowest BCUT2D eigenvalue weighted by molar-refractivity contribution is -0.887. The van der Waals surface area contributed by atoms with Crippen LogP contribution in [0.5, 0.6) is 0 Å². The molecule has 0 unspecified atom stereocenters. The van der Waals surface area contributed by atoms with Crippen LogP contribution in [0.2, 0.25) is 0 Å². The first-order valence-electron chi connectivity index (χ1n) is 10.8. The molecule has 0 aromatic heterocycles. The Hall–Kier alpha value is -2.64. The van der Waals surface area contributed by atoms with Gasteiger partial charge in [-0.25, -0.2) is 4.39 Å². The van der Waals surface area contributed by atoms with Gasteiger partial charge in [0.2, 0.25) is 5.91 Å². The highest BCUT2D eigenvalue weighted by atomic mass is 32.2. The summed E-state index contributed by atoms with van der Waals surface area (Å²) in [5.74, 6) is -0.855. The number of likely N-dealkylation sites (tertiary alicyclic amines) is 1. The molecule has 0 radical (unpaired) electrons. The number of halogens is 1. The zero-order valence-electron chi connectivity index (χ0n) is 17.4. The van der Waals surface area contributed by atoms with Gasteiger partial charge in [-0.15, -0.1) is 0 Å². The number of thioether (sulfide) groups is 1. The number of benzene rings is 2. The third-order valence-electron chi connectivity index (χ3n) is 5.67. The quantitative estimate of drug-likeness (QED) is 0.514. The molecule has 0 saturated carbocycles. The third kappa shape index (κ3) is 5.35. The van der Waals surface area contributed by atoms with Crippen molar-refractivity contribution in [1.82, 2.24) is 5.32 Å². The van der Waals surface area contributed by atoms with Crippen LogP contribution in [0.15, 0.2) is 58.3 Å². The van der Waals surface area contributed by atoms with Crippen LogP contribution in [0.4, 0.5) is 10.1 Å². The maximum atomic E-state index is 14.1. The van der Waals surface area contributed by atoms with E-state index in [-0.39, 0.29) is 24.2 Å². The summed E-state index contributed by atoms with van der Waals surface area (Å²) >= 11 is 1.30. The maximum Gasteiger partial charge on any atom is 0.265 e. The molecule has 7 heteroatoms. The minimum atomic E-state index is -0.383. The molecule has 31 heavy (non-hydrogen) atoms. The molecule has 2 aromatic rings. The van der Waals surface area contributed by atoms with Gasteiger partial charge in [-0.05, 0) is 24.3 Å². The normalized spacial score (nSPS) is 17.8. The lowest BCUT2D eigenvalue weighted by Crippen LogP contribution is -3.10. The number of quaternary nitrogens is 1. The Labute approximate surface area is 186 Å². The Bertz CT molecular complexity index is 988. The highest BCUT2D eigenvalue weighted by Crippen LogP contribution is 2.42. The fraction of sp³-hybridized carbons (Fsp3) is 0.333. The first-order chi connectivity index (χ1) is 15.1. The minimum absolute atomic E-state index is 0.0540. The number of hydrogen-bond donors (Lipinski definition) is 2. The molecule has 2 amide bonds. The number of amides is 2. The van der Waals surface area contributed by atoms with Gasteiger partial charge < -0.3 is 10.2 Å². The van der Waals surface area contributed by atoms with Crippen LogP contribution in [-0.2, 0) is 9.59 Å². The van der Waals surface area contributed by atoms with E-state index in [1.807, 2.05) is 24.3 Å². The molecule has 2 aromatic carbocycles.